The number of rotatable bonds is 9. The summed E-state index contributed by atoms with van der Waals surface area (Å²) in [7, 11) is 1.57. The number of fused-ring (bicyclic) bond motifs is 1. The molecule has 1 aromatic carbocycles. The second-order valence-electron chi connectivity index (χ2n) is 8.99. The Balaban J connectivity index is 1.48. The van der Waals surface area contributed by atoms with E-state index in [0.29, 0.717) is 34.6 Å². The molecular weight excluding hydrogens is 480 g/mol. The lowest BCUT2D eigenvalue weighted by Crippen LogP contribution is -2.47. The highest BCUT2D eigenvalue weighted by Gasteiger charge is 2.26. The summed E-state index contributed by atoms with van der Waals surface area (Å²) in [5.74, 6) is 0.383. The van der Waals surface area contributed by atoms with Gasteiger partial charge in [0, 0.05) is 31.2 Å². The minimum absolute atomic E-state index is 0.0943. The van der Waals surface area contributed by atoms with Crippen molar-refractivity contribution in [3.8, 4) is 5.75 Å². The smallest absolute Gasteiger partial charge is 0.332 e. The molecule has 1 aliphatic rings. The summed E-state index contributed by atoms with van der Waals surface area (Å²) < 4.78 is 8.12. The number of methoxy groups -OCH3 is 1. The second kappa shape index (κ2) is 11.6. The molecule has 1 N–H and O–H groups in total. The summed E-state index contributed by atoms with van der Waals surface area (Å²) in [6.07, 6.45) is 4.38. The van der Waals surface area contributed by atoms with Crippen molar-refractivity contribution in [1.82, 2.24) is 14.0 Å². The van der Waals surface area contributed by atoms with Gasteiger partial charge in [-0.1, -0.05) is 6.92 Å². The van der Waals surface area contributed by atoms with Crippen molar-refractivity contribution in [2.75, 3.05) is 19.0 Å². The van der Waals surface area contributed by atoms with Crippen LogP contribution in [0.5, 0.6) is 5.75 Å². The Morgan fingerprint density at radius 1 is 1.11 bits per heavy atom. The van der Waals surface area contributed by atoms with Crippen LogP contribution in [-0.4, -0.2) is 45.5 Å². The first-order valence-corrected chi connectivity index (χ1v) is 13.2. The van der Waals surface area contributed by atoms with E-state index in [-0.39, 0.29) is 42.9 Å². The van der Waals surface area contributed by atoms with Crippen molar-refractivity contribution < 1.29 is 14.3 Å². The van der Waals surface area contributed by atoms with E-state index in [4.69, 9.17) is 4.74 Å². The first-order chi connectivity index (χ1) is 17.4. The molecule has 192 valence electrons. The molecule has 0 unspecified atom stereocenters. The molecule has 1 saturated heterocycles. The molecule has 2 aromatic heterocycles. The third-order valence-electron chi connectivity index (χ3n) is 6.71. The van der Waals surface area contributed by atoms with Gasteiger partial charge in [-0.25, -0.2) is 4.79 Å². The number of likely N-dealkylation sites (tertiary alicyclic amines) is 1. The van der Waals surface area contributed by atoms with Crippen LogP contribution in [0.4, 0.5) is 5.69 Å². The zero-order valence-electron chi connectivity index (χ0n) is 20.7. The van der Waals surface area contributed by atoms with Gasteiger partial charge in [-0.2, -0.15) is 0 Å². The van der Waals surface area contributed by atoms with Crippen LogP contribution in [0.25, 0.3) is 10.2 Å². The van der Waals surface area contributed by atoms with Gasteiger partial charge in [-0.05, 0) is 67.8 Å². The van der Waals surface area contributed by atoms with Crippen LogP contribution >= 0.6 is 11.3 Å². The van der Waals surface area contributed by atoms with Crippen LogP contribution in [0.15, 0.2) is 45.3 Å². The maximum absolute atomic E-state index is 13.3. The first kappa shape index (κ1) is 25.7. The van der Waals surface area contributed by atoms with Crippen LogP contribution in [-0.2, 0) is 22.7 Å². The molecule has 4 rings (SSSR count). The van der Waals surface area contributed by atoms with Crippen LogP contribution in [0.3, 0.4) is 0 Å². The average Bonchev–Trinajstić information content (AvgIpc) is 3.39. The molecule has 1 aliphatic heterocycles. The van der Waals surface area contributed by atoms with Gasteiger partial charge < -0.3 is 15.0 Å². The van der Waals surface area contributed by atoms with Gasteiger partial charge >= 0.3 is 5.69 Å². The molecule has 9 nitrogen and oxygen atoms in total. The number of ether oxygens (including phenoxy) is 1. The van der Waals surface area contributed by atoms with Crippen LogP contribution in [0.1, 0.15) is 45.4 Å². The number of hydrogen-bond acceptors (Lipinski definition) is 6. The van der Waals surface area contributed by atoms with Crippen LogP contribution < -0.4 is 21.3 Å². The van der Waals surface area contributed by atoms with Gasteiger partial charge in [0.1, 0.15) is 17.0 Å². The normalized spacial score (nSPS) is 15.7. The fourth-order valence-corrected chi connectivity index (χ4v) is 5.60. The Bertz CT molecular complexity index is 1340. The summed E-state index contributed by atoms with van der Waals surface area (Å²) in [4.78, 5) is 53.8. The Morgan fingerprint density at radius 3 is 2.61 bits per heavy atom. The van der Waals surface area contributed by atoms with E-state index in [9.17, 15) is 19.2 Å². The van der Waals surface area contributed by atoms with E-state index in [1.165, 1.54) is 15.9 Å². The molecule has 3 aromatic rings. The first-order valence-electron chi connectivity index (χ1n) is 12.4. The SMILES string of the molecule is CC[C@H]1CCCCN1C(=O)Cn1c(=O)n(CCCC(=O)Nc2ccc(OC)cc2)c(=O)c2sccc21. The largest absolute Gasteiger partial charge is 0.497 e. The summed E-state index contributed by atoms with van der Waals surface area (Å²) in [5.41, 5.74) is 0.234. The van der Waals surface area contributed by atoms with E-state index >= 15 is 0 Å². The number of nitrogens with one attached hydrogen (secondary N) is 1. The minimum atomic E-state index is -0.514. The van der Waals surface area contributed by atoms with E-state index < -0.39 is 5.69 Å². The number of carbonyl (C=O) groups excluding carboxylic acids is 2. The van der Waals surface area contributed by atoms with Gasteiger partial charge in [0.2, 0.25) is 11.8 Å². The highest BCUT2D eigenvalue weighted by Crippen LogP contribution is 2.21. The third kappa shape index (κ3) is 5.53. The number of anilines is 1. The van der Waals surface area contributed by atoms with Crippen molar-refractivity contribution in [3.63, 3.8) is 0 Å². The maximum atomic E-state index is 13.3. The Kier molecular flexibility index (Phi) is 8.25. The summed E-state index contributed by atoms with van der Waals surface area (Å²) in [6, 6.07) is 8.90. The number of benzene rings is 1. The van der Waals surface area contributed by atoms with Crippen molar-refractivity contribution >= 4 is 39.1 Å². The molecule has 1 fully saturated rings. The van der Waals surface area contributed by atoms with Crippen molar-refractivity contribution in [2.45, 2.75) is 64.6 Å². The number of piperidine rings is 1. The highest BCUT2D eigenvalue weighted by atomic mass is 32.1. The van der Waals surface area contributed by atoms with Gasteiger partial charge in [-0.3, -0.25) is 23.5 Å². The zero-order chi connectivity index (χ0) is 25.7. The fraction of sp³-hybridized carbons (Fsp3) is 0.462. The fourth-order valence-electron chi connectivity index (χ4n) is 4.76. The van der Waals surface area contributed by atoms with E-state index in [1.807, 2.05) is 4.90 Å². The number of amides is 2. The molecule has 1 atom stereocenters. The molecule has 10 heteroatoms. The predicted octanol–water partition coefficient (Wildman–Crippen LogP) is 3.44. The van der Waals surface area contributed by atoms with Crippen LogP contribution in [0, 0.1) is 0 Å². The van der Waals surface area contributed by atoms with Gasteiger partial charge in [0.05, 0.1) is 12.6 Å². The van der Waals surface area contributed by atoms with Gasteiger partial charge in [0.15, 0.2) is 0 Å². The molecule has 0 aliphatic carbocycles. The average molecular weight is 513 g/mol. The van der Waals surface area contributed by atoms with Crippen molar-refractivity contribution in [3.05, 3.63) is 56.5 Å². The topological polar surface area (TPSA) is 103 Å². The zero-order valence-corrected chi connectivity index (χ0v) is 21.5. The molecule has 0 bridgehead atoms. The highest BCUT2D eigenvalue weighted by molar-refractivity contribution is 7.17. The van der Waals surface area contributed by atoms with E-state index in [2.05, 4.69) is 12.2 Å². The monoisotopic (exact) mass is 512 g/mol. The van der Waals surface area contributed by atoms with E-state index in [1.54, 1.807) is 42.8 Å². The maximum Gasteiger partial charge on any atom is 0.332 e. The van der Waals surface area contributed by atoms with Gasteiger partial charge in [-0.15, -0.1) is 11.3 Å². The standard InChI is InChI=1S/C26H32N4O5S/c1-3-19-7-4-5-14-28(19)23(32)17-30-21-13-16-36-24(21)25(33)29(26(30)34)15-6-8-22(31)27-18-9-11-20(35-2)12-10-18/h9-13,16,19H,3-8,14-15,17H2,1-2H3,(H,27,31)/t19-/m0/s1. The summed E-state index contributed by atoms with van der Waals surface area (Å²) in [5, 5.41) is 4.56. The van der Waals surface area contributed by atoms with Crippen LogP contribution in [0.2, 0.25) is 0 Å². The summed E-state index contributed by atoms with van der Waals surface area (Å²) in [6.45, 7) is 2.77. The number of aromatic nitrogens is 2. The Labute approximate surface area is 213 Å². The van der Waals surface area contributed by atoms with E-state index in [0.717, 1.165) is 30.3 Å². The Morgan fingerprint density at radius 2 is 1.89 bits per heavy atom. The molecular formula is C26H32N4O5S. The predicted molar refractivity (Wildman–Crippen MR) is 141 cm³/mol. The lowest BCUT2D eigenvalue weighted by atomic mass is 10.00. The number of hydrogen-bond donors (Lipinski definition) is 1. The lowest BCUT2D eigenvalue weighted by Gasteiger charge is -2.35. The van der Waals surface area contributed by atoms with Gasteiger partial charge in [0.25, 0.3) is 5.56 Å². The number of thiophene rings is 1. The van der Waals surface area contributed by atoms with Crippen molar-refractivity contribution in [2.24, 2.45) is 0 Å². The third-order valence-corrected chi connectivity index (χ3v) is 7.60. The number of carbonyl (C=O) groups is 2. The van der Waals surface area contributed by atoms with Crippen molar-refractivity contribution in [1.29, 1.82) is 0 Å². The molecule has 2 amide bonds. The lowest BCUT2D eigenvalue weighted by molar-refractivity contribution is -0.135. The number of nitrogens with zero attached hydrogens (tertiary/aromatic N) is 3. The molecule has 3 heterocycles. The molecule has 0 saturated carbocycles. The Hall–Kier alpha value is -3.40. The molecule has 0 radical (unpaired) electrons. The minimum Gasteiger partial charge on any atom is -0.497 e. The second-order valence-corrected chi connectivity index (χ2v) is 9.90. The quantitative estimate of drug-likeness (QED) is 0.473. The summed E-state index contributed by atoms with van der Waals surface area (Å²) >= 11 is 1.26. The molecule has 0 spiro atoms. The molecule has 36 heavy (non-hydrogen) atoms.